The van der Waals surface area contributed by atoms with Gasteiger partial charge in [0.2, 0.25) is 5.89 Å². The van der Waals surface area contributed by atoms with Crippen LogP contribution in [0.2, 0.25) is 0 Å². The van der Waals surface area contributed by atoms with Gasteiger partial charge in [0.25, 0.3) is 5.91 Å². The van der Waals surface area contributed by atoms with Crippen molar-refractivity contribution in [2.75, 3.05) is 19.7 Å². The largest absolute Gasteiger partial charge is 0.376 e. The number of aromatic nitrogens is 4. The molecule has 0 spiro atoms. The monoisotopic (exact) mass is 369 g/mol. The second-order valence-corrected chi connectivity index (χ2v) is 6.86. The summed E-state index contributed by atoms with van der Waals surface area (Å²) < 4.78 is 12.7. The first-order chi connectivity index (χ1) is 13.1. The highest BCUT2D eigenvalue weighted by Crippen LogP contribution is 2.21. The first-order valence-electron chi connectivity index (χ1n) is 9.23. The molecule has 3 aromatic rings. The maximum atomic E-state index is 13.0. The Kier molecular flexibility index (Phi) is 4.89. The van der Waals surface area contributed by atoms with Crippen LogP contribution in [0.3, 0.4) is 0 Å². The van der Waals surface area contributed by atoms with Crippen molar-refractivity contribution in [2.24, 2.45) is 7.05 Å². The Morgan fingerprint density at radius 2 is 2.22 bits per heavy atom. The fourth-order valence-electron chi connectivity index (χ4n) is 3.54. The van der Waals surface area contributed by atoms with Crippen LogP contribution in [0.1, 0.15) is 35.0 Å². The van der Waals surface area contributed by atoms with E-state index in [1.807, 2.05) is 36.2 Å². The Morgan fingerprint density at radius 1 is 1.37 bits per heavy atom. The number of piperidine rings is 1. The molecule has 1 saturated heterocycles. The zero-order valence-electron chi connectivity index (χ0n) is 15.6. The number of ether oxygens (including phenoxy) is 1. The summed E-state index contributed by atoms with van der Waals surface area (Å²) >= 11 is 0. The molecule has 27 heavy (non-hydrogen) atoms. The molecule has 0 aliphatic carbocycles. The Labute approximate surface area is 157 Å². The van der Waals surface area contributed by atoms with Crippen molar-refractivity contribution in [3.63, 3.8) is 0 Å². The summed E-state index contributed by atoms with van der Waals surface area (Å²) in [5.74, 6) is 1.17. The van der Waals surface area contributed by atoms with Gasteiger partial charge < -0.3 is 14.2 Å². The van der Waals surface area contributed by atoms with Crippen LogP contribution >= 0.6 is 0 Å². The molecule has 0 N–H and O–H groups in total. The number of hydrogen-bond acceptors (Lipinski definition) is 6. The minimum Gasteiger partial charge on any atom is -0.376 e. The van der Waals surface area contributed by atoms with E-state index in [1.165, 1.54) is 0 Å². The van der Waals surface area contributed by atoms with Gasteiger partial charge in [-0.1, -0.05) is 23.4 Å². The van der Waals surface area contributed by atoms with Crippen LogP contribution in [0.25, 0.3) is 10.9 Å². The van der Waals surface area contributed by atoms with E-state index in [4.69, 9.17) is 9.26 Å². The molecule has 1 unspecified atom stereocenters. The third-order valence-electron chi connectivity index (χ3n) is 4.87. The zero-order valence-corrected chi connectivity index (χ0v) is 15.6. The lowest BCUT2D eigenvalue weighted by atomic mass is 10.1. The third kappa shape index (κ3) is 3.71. The molecule has 1 aliphatic heterocycles. The predicted molar refractivity (Wildman–Crippen MR) is 98.3 cm³/mol. The number of rotatable bonds is 5. The van der Waals surface area contributed by atoms with E-state index in [-0.39, 0.29) is 12.0 Å². The van der Waals surface area contributed by atoms with Crippen molar-refractivity contribution in [3.05, 3.63) is 41.7 Å². The molecular formula is C19H23N5O3. The van der Waals surface area contributed by atoms with Crippen LogP contribution in [-0.2, 0) is 18.2 Å². The minimum atomic E-state index is -0.0334. The number of amides is 1. The van der Waals surface area contributed by atoms with Gasteiger partial charge in [0, 0.05) is 38.9 Å². The van der Waals surface area contributed by atoms with Crippen molar-refractivity contribution in [1.82, 2.24) is 24.8 Å². The number of fused-ring (bicyclic) bond motifs is 1. The third-order valence-corrected chi connectivity index (χ3v) is 4.87. The highest BCUT2D eigenvalue weighted by molar-refractivity contribution is 6.04. The molecule has 0 radical (unpaired) electrons. The van der Waals surface area contributed by atoms with E-state index in [2.05, 4.69) is 15.2 Å². The van der Waals surface area contributed by atoms with Crippen molar-refractivity contribution in [3.8, 4) is 0 Å². The smallest absolute Gasteiger partial charge is 0.275 e. The van der Waals surface area contributed by atoms with E-state index in [1.54, 1.807) is 11.6 Å². The molecule has 2 aromatic heterocycles. The van der Waals surface area contributed by atoms with E-state index in [0.29, 0.717) is 37.0 Å². The molecular weight excluding hydrogens is 346 g/mol. The molecule has 1 fully saturated rings. The average Bonchev–Trinajstić information content (AvgIpc) is 3.25. The molecule has 1 atom stereocenters. The highest BCUT2D eigenvalue weighted by Gasteiger charge is 2.27. The van der Waals surface area contributed by atoms with Gasteiger partial charge in [0.15, 0.2) is 11.5 Å². The van der Waals surface area contributed by atoms with Crippen molar-refractivity contribution in [1.29, 1.82) is 0 Å². The Balaban J connectivity index is 1.39. The first kappa shape index (κ1) is 17.7. The lowest BCUT2D eigenvalue weighted by molar-refractivity contribution is 0.00236. The van der Waals surface area contributed by atoms with E-state index < -0.39 is 0 Å². The summed E-state index contributed by atoms with van der Waals surface area (Å²) in [5.41, 5.74) is 1.47. The lowest BCUT2D eigenvalue weighted by Gasteiger charge is -2.32. The summed E-state index contributed by atoms with van der Waals surface area (Å²) in [6.45, 7) is 3.59. The molecule has 0 bridgehead atoms. The van der Waals surface area contributed by atoms with Gasteiger partial charge in [-0.25, -0.2) is 0 Å². The second-order valence-electron chi connectivity index (χ2n) is 6.86. The number of carbonyl (C=O) groups excluding carboxylic acids is 1. The minimum absolute atomic E-state index is 0.0191. The lowest BCUT2D eigenvalue weighted by Crippen LogP contribution is -2.43. The topological polar surface area (TPSA) is 86.3 Å². The second kappa shape index (κ2) is 7.48. The fourth-order valence-corrected chi connectivity index (χ4v) is 3.54. The molecule has 8 nitrogen and oxygen atoms in total. The number of aryl methyl sites for hydroxylation is 2. The normalized spacial score (nSPS) is 17.6. The predicted octanol–water partition coefficient (Wildman–Crippen LogP) is 2.13. The number of benzene rings is 1. The maximum Gasteiger partial charge on any atom is 0.275 e. The number of likely N-dealkylation sites (tertiary alicyclic amines) is 1. The molecule has 0 saturated carbocycles. The molecule has 142 valence electrons. The van der Waals surface area contributed by atoms with Crippen LogP contribution in [-0.4, -0.2) is 56.5 Å². The first-order valence-corrected chi connectivity index (χ1v) is 9.23. The standard InChI is InChI=1S/C19H23N5O3/c1-13-20-17(22-27-13)9-11-26-14-6-5-10-24(12-14)19(25)18-15-7-3-4-8-16(15)23(2)21-18/h3-4,7-8,14H,5-6,9-12H2,1-2H3. The van der Waals surface area contributed by atoms with Crippen LogP contribution in [0.5, 0.6) is 0 Å². The molecule has 4 rings (SSSR count). The van der Waals surface area contributed by atoms with Gasteiger partial charge in [-0.15, -0.1) is 0 Å². The van der Waals surface area contributed by atoms with Gasteiger partial charge in [-0.3, -0.25) is 9.48 Å². The van der Waals surface area contributed by atoms with Gasteiger partial charge >= 0.3 is 0 Å². The Morgan fingerprint density at radius 3 is 3.04 bits per heavy atom. The van der Waals surface area contributed by atoms with Crippen LogP contribution in [0, 0.1) is 6.92 Å². The summed E-state index contributed by atoms with van der Waals surface area (Å²) in [7, 11) is 1.86. The van der Waals surface area contributed by atoms with Crippen LogP contribution < -0.4 is 0 Å². The zero-order chi connectivity index (χ0) is 18.8. The summed E-state index contributed by atoms with van der Waals surface area (Å²) in [6.07, 6.45) is 2.48. The van der Waals surface area contributed by atoms with Gasteiger partial charge in [0.05, 0.1) is 18.2 Å². The molecule has 1 aliphatic rings. The van der Waals surface area contributed by atoms with Crippen LogP contribution in [0.4, 0.5) is 0 Å². The SMILES string of the molecule is Cc1nc(CCOC2CCCN(C(=O)c3nn(C)c4ccccc34)C2)no1. The number of hydrogen-bond donors (Lipinski definition) is 0. The Bertz CT molecular complexity index is 948. The van der Waals surface area contributed by atoms with Gasteiger partial charge in [0.1, 0.15) is 0 Å². The van der Waals surface area contributed by atoms with Crippen LogP contribution in [0.15, 0.2) is 28.8 Å². The van der Waals surface area contributed by atoms with E-state index in [0.717, 1.165) is 30.3 Å². The van der Waals surface area contributed by atoms with Gasteiger partial charge in [-0.2, -0.15) is 10.1 Å². The maximum absolute atomic E-state index is 13.0. The van der Waals surface area contributed by atoms with Gasteiger partial charge in [-0.05, 0) is 18.9 Å². The Hall–Kier alpha value is -2.74. The van der Waals surface area contributed by atoms with E-state index in [9.17, 15) is 4.79 Å². The molecule has 3 heterocycles. The highest BCUT2D eigenvalue weighted by atomic mass is 16.5. The summed E-state index contributed by atoms with van der Waals surface area (Å²) in [5, 5.41) is 9.21. The number of carbonyl (C=O) groups is 1. The molecule has 8 heteroatoms. The summed E-state index contributed by atoms with van der Waals surface area (Å²) in [4.78, 5) is 19.1. The fraction of sp³-hybridized carbons (Fsp3) is 0.474. The number of nitrogens with zero attached hydrogens (tertiary/aromatic N) is 5. The quantitative estimate of drug-likeness (QED) is 0.685. The van der Waals surface area contributed by atoms with E-state index >= 15 is 0 Å². The molecule has 1 aromatic carbocycles. The average molecular weight is 369 g/mol. The van der Waals surface area contributed by atoms with Crippen molar-refractivity contribution < 1.29 is 14.1 Å². The molecule has 1 amide bonds. The van der Waals surface area contributed by atoms with Crippen molar-refractivity contribution >= 4 is 16.8 Å². The van der Waals surface area contributed by atoms with Crippen molar-refractivity contribution in [2.45, 2.75) is 32.3 Å². The number of para-hydroxylation sites is 1. The summed E-state index contributed by atoms with van der Waals surface area (Å²) in [6, 6.07) is 7.80.